The number of benzene rings is 1. The summed E-state index contributed by atoms with van der Waals surface area (Å²) >= 11 is 6.63. The highest BCUT2D eigenvalue weighted by atomic mass is 32.1. The van der Waals surface area contributed by atoms with Gasteiger partial charge in [0.15, 0.2) is 5.11 Å². The Morgan fingerprint density at radius 3 is 2.64 bits per heavy atom. The lowest BCUT2D eigenvalue weighted by Crippen LogP contribution is -2.49. The topological polar surface area (TPSA) is 58.4 Å². The first-order valence-corrected chi connectivity index (χ1v) is 8.23. The number of hydrogen-bond acceptors (Lipinski definition) is 3. The van der Waals surface area contributed by atoms with Crippen molar-refractivity contribution in [3.63, 3.8) is 0 Å². The molecule has 1 heterocycles. The first kappa shape index (κ1) is 16.5. The number of carbonyl (C=O) groups is 1. The molecule has 2 aromatic rings. The number of aryl methyl sites for hydroxylation is 1. The molecule has 2 rings (SSSR count). The van der Waals surface area contributed by atoms with Crippen molar-refractivity contribution in [3.05, 3.63) is 51.7 Å². The summed E-state index contributed by atoms with van der Waals surface area (Å²) in [7, 11) is 0. The molecule has 6 heteroatoms. The molecule has 0 atom stereocenters. The van der Waals surface area contributed by atoms with Gasteiger partial charge >= 0.3 is 0 Å². The Bertz CT molecular complexity index is 694. The van der Waals surface area contributed by atoms with Crippen LogP contribution < -0.4 is 16.2 Å². The molecule has 3 N–H and O–H groups in total. The lowest BCUT2D eigenvalue weighted by molar-refractivity contribution is 0.0955. The van der Waals surface area contributed by atoms with Crippen LogP contribution in [0, 0.1) is 6.92 Å². The van der Waals surface area contributed by atoms with Gasteiger partial charge in [-0.3, -0.25) is 10.2 Å². The lowest BCUT2D eigenvalue weighted by atomic mass is 10.1. The second-order valence-corrected chi connectivity index (χ2v) is 6.71. The number of thiocarbonyl (C=S) groups is 1. The van der Waals surface area contributed by atoms with Crippen LogP contribution in [0.25, 0.3) is 0 Å². The van der Waals surface area contributed by atoms with Gasteiger partial charge in [0.1, 0.15) is 0 Å². The number of hydrogen-bond donors (Lipinski definition) is 2. The van der Waals surface area contributed by atoms with Crippen molar-refractivity contribution in [1.29, 1.82) is 0 Å². The average molecular weight is 333 g/mol. The minimum atomic E-state index is -0.225. The number of nitrogens with two attached hydrogens (primary N) is 1. The number of hydrazine groups is 1. The molecule has 0 bridgehead atoms. The van der Waals surface area contributed by atoms with E-state index >= 15 is 0 Å². The fraction of sp³-hybridized carbons (Fsp3) is 0.250. The quantitative estimate of drug-likeness (QED) is 0.666. The highest BCUT2D eigenvalue weighted by Crippen LogP contribution is 2.23. The molecule has 1 amide bonds. The summed E-state index contributed by atoms with van der Waals surface area (Å²) in [6.45, 7) is 6.17. The minimum absolute atomic E-state index is 0.0956. The van der Waals surface area contributed by atoms with Crippen molar-refractivity contribution in [2.24, 2.45) is 5.73 Å². The molecular weight excluding hydrogens is 314 g/mol. The van der Waals surface area contributed by atoms with Crippen molar-refractivity contribution in [2.45, 2.75) is 26.7 Å². The van der Waals surface area contributed by atoms with Crippen LogP contribution in [-0.4, -0.2) is 11.0 Å². The minimum Gasteiger partial charge on any atom is -0.374 e. The molecule has 0 fully saturated rings. The molecule has 1 aromatic carbocycles. The van der Waals surface area contributed by atoms with Crippen LogP contribution in [0.4, 0.5) is 5.69 Å². The second-order valence-electron chi connectivity index (χ2n) is 5.35. The van der Waals surface area contributed by atoms with E-state index in [-0.39, 0.29) is 11.0 Å². The van der Waals surface area contributed by atoms with Crippen molar-refractivity contribution in [3.8, 4) is 0 Å². The largest absolute Gasteiger partial charge is 0.374 e. The molecule has 0 spiro atoms. The Balaban J connectivity index is 2.20. The number of nitrogens with zero attached hydrogens (tertiary/aromatic N) is 1. The highest BCUT2D eigenvalue weighted by molar-refractivity contribution is 7.80. The van der Waals surface area contributed by atoms with Gasteiger partial charge in [-0.2, -0.15) is 0 Å². The first-order valence-electron chi connectivity index (χ1n) is 6.94. The van der Waals surface area contributed by atoms with E-state index in [9.17, 15) is 4.79 Å². The van der Waals surface area contributed by atoms with Crippen LogP contribution >= 0.6 is 23.6 Å². The number of thiophene rings is 1. The van der Waals surface area contributed by atoms with Crippen LogP contribution in [0.15, 0.2) is 35.7 Å². The Morgan fingerprint density at radius 1 is 1.36 bits per heavy atom. The molecule has 0 radical (unpaired) electrons. The summed E-state index contributed by atoms with van der Waals surface area (Å²) < 4.78 is 0. The van der Waals surface area contributed by atoms with Gasteiger partial charge in [-0.05, 0) is 48.8 Å². The van der Waals surface area contributed by atoms with Crippen LogP contribution in [0.3, 0.4) is 0 Å². The summed E-state index contributed by atoms with van der Waals surface area (Å²) in [5.41, 5.74) is 10.9. The third-order valence-electron chi connectivity index (χ3n) is 3.14. The number of amides is 1. The molecular formula is C16H19N3OS2. The highest BCUT2D eigenvalue weighted by Gasteiger charge is 2.16. The average Bonchev–Trinajstić information content (AvgIpc) is 2.94. The maximum atomic E-state index is 12.4. The van der Waals surface area contributed by atoms with E-state index in [0.717, 1.165) is 11.3 Å². The molecule has 22 heavy (non-hydrogen) atoms. The summed E-state index contributed by atoms with van der Waals surface area (Å²) in [6.07, 6.45) is 0. The molecule has 0 saturated carbocycles. The van der Waals surface area contributed by atoms with Gasteiger partial charge in [0.05, 0.1) is 11.3 Å². The maximum absolute atomic E-state index is 12.4. The second kappa shape index (κ2) is 6.89. The van der Waals surface area contributed by atoms with Gasteiger partial charge in [0, 0.05) is 10.3 Å². The van der Waals surface area contributed by atoms with Crippen molar-refractivity contribution >= 4 is 40.3 Å². The van der Waals surface area contributed by atoms with Crippen molar-refractivity contribution in [2.75, 3.05) is 5.01 Å². The van der Waals surface area contributed by atoms with Crippen molar-refractivity contribution in [1.82, 2.24) is 5.43 Å². The fourth-order valence-electron chi connectivity index (χ4n) is 1.95. The van der Waals surface area contributed by atoms with E-state index in [1.165, 1.54) is 9.89 Å². The Kier molecular flexibility index (Phi) is 5.15. The molecule has 1 aromatic heterocycles. The predicted molar refractivity (Wildman–Crippen MR) is 96.3 cm³/mol. The van der Waals surface area contributed by atoms with E-state index in [4.69, 9.17) is 18.0 Å². The van der Waals surface area contributed by atoms with Gasteiger partial charge < -0.3 is 5.73 Å². The van der Waals surface area contributed by atoms with Gasteiger partial charge in [-0.1, -0.05) is 26.0 Å². The fourth-order valence-corrected chi connectivity index (χ4v) is 3.01. The van der Waals surface area contributed by atoms with Gasteiger partial charge in [0.2, 0.25) is 0 Å². The molecule has 4 nitrogen and oxygen atoms in total. The maximum Gasteiger partial charge on any atom is 0.271 e. The van der Waals surface area contributed by atoms with Gasteiger partial charge in [-0.25, -0.2) is 5.01 Å². The third-order valence-corrected chi connectivity index (χ3v) is 4.56. The monoisotopic (exact) mass is 333 g/mol. The van der Waals surface area contributed by atoms with E-state index < -0.39 is 0 Å². The lowest BCUT2D eigenvalue weighted by Gasteiger charge is -2.23. The van der Waals surface area contributed by atoms with E-state index in [0.29, 0.717) is 11.5 Å². The molecule has 0 aliphatic carbocycles. The number of rotatable bonds is 3. The molecule has 0 saturated heterocycles. The Morgan fingerprint density at radius 2 is 2.09 bits per heavy atom. The molecule has 116 valence electrons. The number of carbonyl (C=O) groups excluding carboxylic acids is 1. The number of anilines is 1. The summed E-state index contributed by atoms with van der Waals surface area (Å²) in [5, 5.41) is 3.37. The van der Waals surface area contributed by atoms with Crippen LogP contribution in [-0.2, 0) is 0 Å². The zero-order chi connectivity index (χ0) is 16.3. The standard InChI is InChI=1S/C16H19N3OS2/c1-10(2)14-8-12(9-22-14)15(20)18-19(16(17)21)13-6-4-5-11(3)7-13/h4-10H,1-3H3,(H2,17,21)(H,18,20). The summed E-state index contributed by atoms with van der Waals surface area (Å²) in [5.74, 6) is 0.174. The SMILES string of the molecule is Cc1cccc(N(NC(=O)c2csc(C(C)C)c2)C(N)=S)c1. The molecule has 0 aliphatic rings. The Hall–Kier alpha value is -1.92. The van der Waals surface area contributed by atoms with E-state index in [1.807, 2.05) is 42.6 Å². The van der Waals surface area contributed by atoms with Gasteiger partial charge in [-0.15, -0.1) is 11.3 Å². The van der Waals surface area contributed by atoms with E-state index in [1.54, 1.807) is 11.3 Å². The van der Waals surface area contributed by atoms with E-state index in [2.05, 4.69) is 19.3 Å². The third kappa shape index (κ3) is 3.84. The molecule has 0 aliphatic heterocycles. The smallest absolute Gasteiger partial charge is 0.271 e. The van der Waals surface area contributed by atoms with Crippen molar-refractivity contribution < 1.29 is 4.79 Å². The normalized spacial score (nSPS) is 10.5. The zero-order valence-electron chi connectivity index (χ0n) is 12.8. The summed E-state index contributed by atoms with van der Waals surface area (Å²) in [4.78, 5) is 13.6. The first-order chi connectivity index (χ1) is 10.4. The Labute approximate surface area is 139 Å². The van der Waals surface area contributed by atoms with Crippen LogP contribution in [0.2, 0.25) is 0 Å². The van der Waals surface area contributed by atoms with Crippen LogP contribution in [0.1, 0.15) is 40.6 Å². The zero-order valence-corrected chi connectivity index (χ0v) is 14.4. The van der Waals surface area contributed by atoms with Gasteiger partial charge in [0.25, 0.3) is 5.91 Å². The summed E-state index contributed by atoms with van der Waals surface area (Å²) in [6, 6.07) is 9.52. The predicted octanol–water partition coefficient (Wildman–Crippen LogP) is 3.57. The molecule has 0 unspecified atom stereocenters. The number of nitrogens with one attached hydrogen (secondary N) is 1. The van der Waals surface area contributed by atoms with Crippen LogP contribution in [0.5, 0.6) is 0 Å².